The highest BCUT2D eigenvalue weighted by atomic mass is 19.1. The number of nitrogens with zero attached hydrogens (tertiary/aromatic N) is 1. The van der Waals surface area contributed by atoms with Crippen molar-refractivity contribution in [3.8, 4) is 0 Å². The van der Waals surface area contributed by atoms with Gasteiger partial charge >= 0.3 is 0 Å². The predicted molar refractivity (Wildman–Crippen MR) is 68.2 cm³/mol. The topological polar surface area (TPSA) is 42.4 Å². The summed E-state index contributed by atoms with van der Waals surface area (Å²) in [6.07, 6.45) is 1.64. The first-order valence-electron chi connectivity index (χ1n) is 5.87. The Morgan fingerprint density at radius 3 is 2.78 bits per heavy atom. The Morgan fingerprint density at radius 1 is 1.28 bits per heavy atom. The van der Waals surface area contributed by atoms with Gasteiger partial charge in [0.2, 0.25) is 0 Å². The summed E-state index contributed by atoms with van der Waals surface area (Å²) >= 11 is 0. The van der Waals surface area contributed by atoms with Crippen molar-refractivity contribution < 1.29 is 8.81 Å². The van der Waals surface area contributed by atoms with E-state index >= 15 is 0 Å². The minimum Gasteiger partial charge on any atom is -0.468 e. The SMILES string of the molecule is CN(Cc1ccco1)Cc1cc(CN)ccc1F. The lowest BCUT2D eigenvalue weighted by molar-refractivity contribution is 0.284. The van der Waals surface area contributed by atoms with Crippen LogP contribution in [-0.2, 0) is 19.6 Å². The molecule has 0 amide bonds. The number of rotatable bonds is 5. The van der Waals surface area contributed by atoms with Gasteiger partial charge in [-0.2, -0.15) is 0 Å². The molecule has 0 saturated carbocycles. The summed E-state index contributed by atoms with van der Waals surface area (Å²) in [5.41, 5.74) is 7.16. The molecule has 0 aliphatic rings. The molecule has 0 unspecified atom stereocenters. The van der Waals surface area contributed by atoms with E-state index in [0.717, 1.165) is 11.3 Å². The Kier molecular flexibility index (Phi) is 4.12. The van der Waals surface area contributed by atoms with Gasteiger partial charge in [-0.25, -0.2) is 4.39 Å². The molecule has 0 fully saturated rings. The van der Waals surface area contributed by atoms with Crippen LogP contribution < -0.4 is 5.73 Å². The summed E-state index contributed by atoms with van der Waals surface area (Å²) in [6.45, 7) is 1.61. The highest BCUT2D eigenvalue weighted by Gasteiger charge is 2.08. The zero-order chi connectivity index (χ0) is 13.0. The van der Waals surface area contributed by atoms with Gasteiger partial charge in [-0.3, -0.25) is 4.90 Å². The molecule has 1 aromatic carbocycles. The predicted octanol–water partition coefficient (Wildman–Crippen LogP) is 2.51. The first kappa shape index (κ1) is 12.8. The van der Waals surface area contributed by atoms with Crippen LogP contribution in [-0.4, -0.2) is 11.9 Å². The van der Waals surface area contributed by atoms with Gasteiger partial charge in [0.05, 0.1) is 12.8 Å². The molecule has 3 nitrogen and oxygen atoms in total. The molecule has 0 spiro atoms. The summed E-state index contributed by atoms with van der Waals surface area (Å²) in [6, 6.07) is 8.75. The molecular formula is C14H17FN2O. The largest absolute Gasteiger partial charge is 0.468 e. The quantitative estimate of drug-likeness (QED) is 0.884. The number of hydrogen-bond acceptors (Lipinski definition) is 3. The Balaban J connectivity index is 2.04. The summed E-state index contributed by atoms with van der Waals surface area (Å²) in [4.78, 5) is 2.00. The van der Waals surface area contributed by atoms with Gasteiger partial charge < -0.3 is 10.2 Å². The van der Waals surface area contributed by atoms with Crippen LogP contribution in [0.15, 0.2) is 41.0 Å². The van der Waals surface area contributed by atoms with E-state index in [1.165, 1.54) is 6.07 Å². The van der Waals surface area contributed by atoms with E-state index in [4.69, 9.17) is 10.2 Å². The molecule has 2 aromatic rings. The molecule has 1 aromatic heterocycles. The van der Waals surface area contributed by atoms with E-state index in [1.807, 2.05) is 30.1 Å². The lowest BCUT2D eigenvalue weighted by atomic mass is 10.1. The van der Waals surface area contributed by atoms with E-state index in [9.17, 15) is 4.39 Å². The molecule has 0 radical (unpaired) electrons. The maximum Gasteiger partial charge on any atom is 0.127 e. The lowest BCUT2D eigenvalue weighted by Crippen LogP contribution is -2.18. The summed E-state index contributed by atoms with van der Waals surface area (Å²) in [5, 5.41) is 0. The van der Waals surface area contributed by atoms with Crippen molar-refractivity contribution in [2.24, 2.45) is 5.73 Å². The summed E-state index contributed by atoms with van der Waals surface area (Å²) in [5.74, 6) is 0.673. The second-order valence-electron chi connectivity index (χ2n) is 4.38. The summed E-state index contributed by atoms with van der Waals surface area (Å²) in [7, 11) is 1.93. The Hall–Kier alpha value is -1.65. The highest BCUT2D eigenvalue weighted by molar-refractivity contribution is 5.25. The van der Waals surface area contributed by atoms with Crippen molar-refractivity contribution in [2.75, 3.05) is 7.05 Å². The zero-order valence-corrected chi connectivity index (χ0v) is 10.4. The number of benzene rings is 1. The second kappa shape index (κ2) is 5.80. The zero-order valence-electron chi connectivity index (χ0n) is 10.4. The Morgan fingerprint density at radius 2 is 2.11 bits per heavy atom. The van der Waals surface area contributed by atoms with Gasteiger partial charge in [0.25, 0.3) is 0 Å². The molecule has 0 aliphatic heterocycles. The molecule has 0 aliphatic carbocycles. The summed E-state index contributed by atoms with van der Waals surface area (Å²) < 4.78 is 18.9. The molecule has 18 heavy (non-hydrogen) atoms. The Labute approximate surface area is 106 Å². The van der Waals surface area contributed by atoms with Crippen molar-refractivity contribution in [1.82, 2.24) is 4.90 Å². The van der Waals surface area contributed by atoms with Crippen molar-refractivity contribution in [3.63, 3.8) is 0 Å². The fraction of sp³-hybridized carbons (Fsp3) is 0.286. The molecule has 0 saturated heterocycles. The fourth-order valence-corrected chi connectivity index (χ4v) is 1.89. The highest BCUT2D eigenvalue weighted by Crippen LogP contribution is 2.14. The van der Waals surface area contributed by atoms with Crippen LogP contribution in [0, 0.1) is 5.82 Å². The van der Waals surface area contributed by atoms with Gasteiger partial charge in [0.15, 0.2) is 0 Å². The van der Waals surface area contributed by atoms with Crippen molar-refractivity contribution in [3.05, 3.63) is 59.3 Å². The third kappa shape index (κ3) is 3.18. The second-order valence-corrected chi connectivity index (χ2v) is 4.38. The van der Waals surface area contributed by atoms with Gasteiger partial charge in [-0.15, -0.1) is 0 Å². The van der Waals surface area contributed by atoms with E-state index < -0.39 is 0 Å². The molecule has 1 heterocycles. The van der Waals surface area contributed by atoms with Gasteiger partial charge in [0, 0.05) is 18.7 Å². The number of nitrogens with two attached hydrogens (primary N) is 1. The van der Waals surface area contributed by atoms with Crippen LogP contribution in [0.2, 0.25) is 0 Å². The van der Waals surface area contributed by atoms with Gasteiger partial charge in [-0.1, -0.05) is 12.1 Å². The van der Waals surface area contributed by atoms with Crippen LogP contribution in [0.25, 0.3) is 0 Å². The van der Waals surface area contributed by atoms with Crippen LogP contribution >= 0.6 is 0 Å². The minimum atomic E-state index is -0.196. The van der Waals surface area contributed by atoms with E-state index in [0.29, 0.717) is 25.2 Å². The van der Waals surface area contributed by atoms with E-state index in [-0.39, 0.29) is 5.82 Å². The van der Waals surface area contributed by atoms with Gasteiger partial charge in [-0.05, 0) is 30.8 Å². The normalized spacial score (nSPS) is 11.1. The molecule has 96 valence electrons. The Bertz CT molecular complexity index is 497. The number of halogens is 1. The minimum absolute atomic E-state index is 0.196. The van der Waals surface area contributed by atoms with E-state index in [1.54, 1.807) is 12.3 Å². The average molecular weight is 248 g/mol. The third-order valence-electron chi connectivity index (χ3n) is 2.79. The molecule has 0 bridgehead atoms. The number of furan rings is 1. The van der Waals surface area contributed by atoms with Crippen LogP contribution in [0.4, 0.5) is 4.39 Å². The van der Waals surface area contributed by atoms with Crippen molar-refractivity contribution >= 4 is 0 Å². The molecule has 0 atom stereocenters. The molecule has 4 heteroatoms. The average Bonchev–Trinajstić information content (AvgIpc) is 2.84. The van der Waals surface area contributed by atoms with Crippen molar-refractivity contribution in [2.45, 2.75) is 19.6 Å². The lowest BCUT2D eigenvalue weighted by Gasteiger charge is -2.16. The van der Waals surface area contributed by atoms with Crippen LogP contribution in [0.1, 0.15) is 16.9 Å². The maximum atomic E-state index is 13.7. The van der Waals surface area contributed by atoms with Crippen LogP contribution in [0.3, 0.4) is 0 Å². The van der Waals surface area contributed by atoms with Gasteiger partial charge in [0.1, 0.15) is 11.6 Å². The molecule has 2 N–H and O–H groups in total. The standard InChI is InChI=1S/C14H17FN2O/c1-17(10-13-3-2-6-18-13)9-12-7-11(8-16)4-5-14(12)15/h2-7H,8-10,16H2,1H3. The first-order valence-corrected chi connectivity index (χ1v) is 5.87. The van der Waals surface area contributed by atoms with Crippen molar-refractivity contribution in [1.29, 1.82) is 0 Å². The third-order valence-corrected chi connectivity index (χ3v) is 2.79. The molecule has 2 rings (SSSR count). The molecular weight excluding hydrogens is 231 g/mol. The van der Waals surface area contributed by atoms with E-state index in [2.05, 4.69) is 0 Å². The number of hydrogen-bond donors (Lipinski definition) is 1. The fourth-order valence-electron chi connectivity index (χ4n) is 1.89. The first-order chi connectivity index (χ1) is 8.69. The van der Waals surface area contributed by atoms with Crippen LogP contribution in [0.5, 0.6) is 0 Å². The smallest absolute Gasteiger partial charge is 0.127 e. The monoisotopic (exact) mass is 248 g/mol. The maximum absolute atomic E-state index is 13.7.